The molecule has 0 aliphatic rings. The van der Waals surface area contributed by atoms with E-state index in [0.29, 0.717) is 5.82 Å². The van der Waals surface area contributed by atoms with Crippen LogP contribution in [0.15, 0.2) is 188 Å². The topological polar surface area (TPSA) is 38.7 Å². The van der Waals surface area contributed by atoms with Gasteiger partial charge in [-0.1, -0.05) is 152 Å². The van der Waals surface area contributed by atoms with E-state index in [9.17, 15) is 0 Å². The fourth-order valence-corrected chi connectivity index (χ4v) is 7.67. The van der Waals surface area contributed by atoms with Gasteiger partial charge in [0.15, 0.2) is 5.82 Å². The smallest absolute Gasteiger partial charge is 0.160 e. The summed E-state index contributed by atoms with van der Waals surface area (Å²) in [7, 11) is 0. The third kappa shape index (κ3) is 5.10. The minimum absolute atomic E-state index is 0.687. The van der Waals surface area contributed by atoms with Gasteiger partial charge >= 0.3 is 0 Å². The zero-order valence-corrected chi connectivity index (χ0v) is 28.2. The molecule has 3 nitrogen and oxygen atoms in total. The zero-order chi connectivity index (χ0) is 34.4. The number of hydrogen-bond acceptors (Lipinski definition) is 3. The van der Waals surface area contributed by atoms with E-state index >= 15 is 0 Å². The monoisotopic (exact) mass is 661 g/mol. The van der Waals surface area contributed by atoms with Gasteiger partial charge in [0.2, 0.25) is 0 Å². The van der Waals surface area contributed by atoms with Crippen LogP contribution in [0.2, 0.25) is 0 Å². The predicted octanol–water partition coefficient (Wildman–Crippen LogP) is 12.8. The third-order valence-electron chi connectivity index (χ3n) is 10.2. The van der Waals surface area contributed by atoms with Crippen LogP contribution in [0.4, 0.5) is 0 Å². The van der Waals surface area contributed by atoms with Crippen molar-refractivity contribution >= 4 is 43.1 Å². The molecule has 8 aromatic carbocycles. The average Bonchev–Trinajstić information content (AvgIpc) is 3.24. The number of fused-ring (bicyclic) bond motifs is 8. The lowest BCUT2D eigenvalue weighted by Gasteiger charge is -2.17. The Labute approximate surface area is 301 Å². The van der Waals surface area contributed by atoms with E-state index < -0.39 is 0 Å². The van der Waals surface area contributed by atoms with Crippen LogP contribution in [0.3, 0.4) is 0 Å². The number of rotatable bonds is 5. The molecule has 0 amide bonds. The molecule has 242 valence electrons. The van der Waals surface area contributed by atoms with Crippen molar-refractivity contribution in [3.05, 3.63) is 188 Å². The maximum atomic E-state index is 5.36. The summed E-state index contributed by atoms with van der Waals surface area (Å²) in [5.41, 5.74) is 9.31. The van der Waals surface area contributed by atoms with E-state index in [0.717, 1.165) is 50.2 Å². The van der Waals surface area contributed by atoms with Crippen LogP contribution in [0.25, 0.3) is 99.2 Å². The second kappa shape index (κ2) is 12.4. The average molecular weight is 662 g/mol. The van der Waals surface area contributed by atoms with Gasteiger partial charge in [-0.2, -0.15) is 0 Å². The fraction of sp³-hybridized carbons (Fsp3) is 0. The quantitative estimate of drug-likeness (QED) is 0.172. The van der Waals surface area contributed by atoms with Crippen LogP contribution >= 0.6 is 0 Å². The standard InChI is InChI=1S/C49H31N3/c1-2-12-32(13-3-1)33-23-25-34(26-24-33)49-51-46(36-15-10-14-35(28-36)37-16-11-27-50-31-37)30-47(52-49)44-29-45-40-19-5-4-17-38(40)39-18-6-8-21-42(39)48(45)43-22-9-7-20-41(43)44/h1-31H. The molecule has 2 heterocycles. The normalized spacial score (nSPS) is 11.5. The molecule has 0 bridgehead atoms. The maximum Gasteiger partial charge on any atom is 0.160 e. The summed E-state index contributed by atoms with van der Waals surface area (Å²) < 4.78 is 0. The summed E-state index contributed by atoms with van der Waals surface area (Å²) in [4.78, 5) is 15.0. The van der Waals surface area contributed by atoms with Gasteiger partial charge in [-0.05, 0) is 84.0 Å². The third-order valence-corrected chi connectivity index (χ3v) is 10.2. The Morgan fingerprint density at radius 1 is 0.308 bits per heavy atom. The van der Waals surface area contributed by atoms with E-state index in [2.05, 4.69) is 169 Å². The van der Waals surface area contributed by atoms with Crippen molar-refractivity contribution in [3.8, 4) is 56.2 Å². The molecule has 0 unspecified atom stereocenters. The molecular formula is C49H31N3. The Morgan fingerprint density at radius 3 is 1.58 bits per heavy atom. The molecular weight excluding hydrogens is 631 g/mol. The summed E-state index contributed by atoms with van der Waals surface area (Å²) in [6, 6.07) is 62.5. The number of benzene rings is 8. The van der Waals surface area contributed by atoms with Crippen LogP contribution in [0.1, 0.15) is 0 Å². The minimum Gasteiger partial charge on any atom is -0.264 e. The van der Waals surface area contributed by atoms with Crippen molar-refractivity contribution in [3.63, 3.8) is 0 Å². The van der Waals surface area contributed by atoms with Crippen LogP contribution < -0.4 is 0 Å². The van der Waals surface area contributed by atoms with Crippen LogP contribution in [-0.4, -0.2) is 15.0 Å². The second-order valence-corrected chi connectivity index (χ2v) is 13.2. The van der Waals surface area contributed by atoms with Gasteiger partial charge in [-0.3, -0.25) is 4.98 Å². The molecule has 0 fully saturated rings. The van der Waals surface area contributed by atoms with Gasteiger partial charge in [-0.25, -0.2) is 9.97 Å². The van der Waals surface area contributed by atoms with Crippen molar-refractivity contribution in [2.24, 2.45) is 0 Å². The van der Waals surface area contributed by atoms with Crippen LogP contribution in [-0.2, 0) is 0 Å². The lowest BCUT2D eigenvalue weighted by molar-refractivity contribution is 1.19. The number of pyridine rings is 1. The highest BCUT2D eigenvalue weighted by Gasteiger charge is 2.18. The van der Waals surface area contributed by atoms with Crippen LogP contribution in [0, 0.1) is 0 Å². The molecule has 52 heavy (non-hydrogen) atoms. The molecule has 0 N–H and O–H groups in total. The van der Waals surface area contributed by atoms with Crippen molar-refractivity contribution in [1.29, 1.82) is 0 Å². The number of nitrogens with zero attached hydrogens (tertiary/aromatic N) is 3. The van der Waals surface area contributed by atoms with E-state index in [4.69, 9.17) is 9.97 Å². The first-order valence-corrected chi connectivity index (χ1v) is 17.6. The molecule has 0 saturated heterocycles. The van der Waals surface area contributed by atoms with Crippen molar-refractivity contribution < 1.29 is 0 Å². The first kappa shape index (κ1) is 29.9. The summed E-state index contributed by atoms with van der Waals surface area (Å²) in [5.74, 6) is 0.687. The predicted molar refractivity (Wildman–Crippen MR) is 217 cm³/mol. The lowest BCUT2D eigenvalue weighted by atomic mass is 9.88. The molecule has 10 rings (SSSR count). The molecule has 0 saturated carbocycles. The van der Waals surface area contributed by atoms with Gasteiger partial charge in [0.25, 0.3) is 0 Å². The summed E-state index contributed by atoms with van der Waals surface area (Å²) in [6.07, 6.45) is 3.71. The Morgan fingerprint density at radius 2 is 0.846 bits per heavy atom. The highest BCUT2D eigenvalue weighted by atomic mass is 14.9. The molecule has 2 aromatic heterocycles. The van der Waals surface area contributed by atoms with Gasteiger partial charge in [-0.15, -0.1) is 0 Å². The summed E-state index contributed by atoms with van der Waals surface area (Å²) >= 11 is 0. The molecule has 0 aliphatic carbocycles. The molecule has 0 aliphatic heterocycles. The van der Waals surface area contributed by atoms with Gasteiger partial charge in [0.1, 0.15) is 0 Å². The van der Waals surface area contributed by atoms with Crippen molar-refractivity contribution in [2.45, 2.75) is 0 Å². The first-order chi connectivity index (χ1) is 25.8. The van der Waals surface area contributed by atoms with Crippen molar-refractivity contribution in [1.82, 2.24) is 15.0 Å². The van der Waals surface area contributed by atoms with Gasteiger partial charge in [0.05, 0.1) is 11.4 Å². The molecule has 3 heteroatoms. The van der Waals surface area contributed by atoms with E-state index in [-0.39, 0.29) is 0 Å². The Balaban J connectivity index is 1.24. The Bertz CT molecular complexity index is 2930. The molecule has 0 spiro atoms. The second-order valence-electron chi connectivity index (χ2n) is 13.2. The molecule has 10 aromatic rings. The largest absolute Gasteiger partial charge is 0.264 e. The zero-order valence-electron chi connectivity index (χ0n) is 28.2. The van der Waals surface area contributed by atoms with E-state index in [1.807, 2.05) is 18.3 Å². The number of hydrogen-bond donors (Lipinski definition) is 0. The van der Waals surface area contributed by atoms with E-state index in [1.165, 1.54) is 43.3 Å². The van der Waals surface area contributed by atoms with Gasteiger partial charge < -0.3 is 0 Å². The fourth-order valence-electron chi connectivity index (χ4n) is 7.67. The lowest BCUT2D eigenvalue weighted by Crippen LogP contribution is -1.97. The highest BCUT2D eigenvalue weighted by Crippen LogP contribution is 2.43. The summed E-state index contributed by atoms with van der Waals surface area (Å²) in [6.45, 7) is 0. The maximum absolute atomic E-state index is 5.36. The Hall–Kier alpha value is -6.97. The first-order valence-electron chi connectivity index (χ1n) is 17.6. The minimum atomic E-state index is 0.687. The highest BCUT2D eigenvalue weighted by molar-refractivity contribution is 6.33. The van der Waals surface area contributed by atoms with Crippen LogP contribution in [0.5, 0.6) is 0 Å². The Kier molecular flexibility index (Phi) is 7.14. The molecule has 0 radical (unpaired) electrons. The number of aromatic nitrogens is 3. The van der Waals surface area contributed by atoms with Gasteiger partial charge in [0, 0.05) is 34.6 Å². The van der Waals surface area contributed by atoms with Crippen molar-refractivity contribution in [2.75, 3.05) is 0 Å². The SMILES string of the molecule is c1ccc(-c2ccc(-c3nc(-c4cccc(-c5cccnc5)c4)cc(-c4cc5c6ccccc6c6ccccc6c5c5ccccc45)n3)cc2)cc1. The summed E-state index contributed by atoms with van der Waals surface area (Å²) in [5, 5.41) is 9.87. The van der Waals surface area contributed by atoms with E-state index in [1.54, 1.807) is 6.20 Å². The molecule has 0 atom stereocenters.